The number of ether oxygens (including phenoxy) is 1. The van der Waals surface area contributed by atoms with Gasteiger partial charge >= 0.3 is 0 Å². The molecular weight excluding hydrogens is 244 g/mol. The van der Waals surface area contributed by atoms with E-state index in [9.17, 15) is 0 Å². The summed E-state index contributed by atoms with van der Waals surface area (Å²) in [7, 11) is 0. The van der Waals surface area contributed by atoms with Gasteiger partial charge in [-0.3, -0.25) is 0 Å². The second kappa shape index (κ2) is 8.87. The van der Waals surface area contributed by atoms with Crippen molar-refractivity contribution in [2.75, 3.05) is 0 Å². The smallest absolute Gasteiger partial charge is 0.0644 e. The Kier molecular flexibility index (Phi) is 7.13. The molecule has 0 aromatic heterocycles. The zero-order chi connectivity index (χ0) is 14.2. The Labute approximate surface area is 126 Å². The zero-order valence-corrected chi connectivity index (χ0v) is 13.7. The lowest BCUT2D eigenvalue weighted by Gasteiger charge is -2.41. The molecule has 0 amide bonds. The van der Waals surface area contributed by atoms with Crippen LogP contribution in [0.3, 0.4) is 0 Å². The van der Waals surface area contributed by atoms with Crippen molar-refractivity contribution in [2.24, 2.45) is 5.92 Å². The zero-order valence-electron chi connectivity index (χ0n) is 13.7. The van der Waals surface area contributed by atoms with Gasteiger partial charge in [0.05, 0.1) is 12.2 Å². The number of hydrogen-bond acceptors (Lipinski definition) is 1. The van der Waals surface area contributed by atoms with Crippen molar-refractivity contribution in [3.63, 3.8) is 0 Å². The van der Waals surface area contributed by atoms with Crippen LogP contribution in [0.1, 0.15) is 90.9 Å². The Bertz CT molecular complexity index is 294. The molecule has 0 N–H and O–H groups in total. The van der Waals surface area contributed by atoms with E-state index in [0.29, 0.717) is 12.2 Å². The van der Waals surface area contributed by atoms with Crippen LogP contribution in [0.15, 0.2) is 11.6 Å². The summed E-state index contributed by atoms with van der Waals surface area (Å²) in [5, 5.41) is 0. The van der Waals surface area contributed by atoms with Crippen LogP contribution in [-0.2, 0) is 4.74 Å². The lowest BCUT2D eigenvalue weighted by atomic mass is 9.77. The Hall–Kier alpha value is -0.300. The minimum absolute atomic E-state index is 0.522. The molecule has 1 nitrogen and oxygen atoms in total. The molecule has 20 heavy (non-hydrogen) atoms. The summed E-state index contributed by atoms with van der Waals surface area (Å²) in [4.78, 5) is 0. The third kappa shape index (κ3) is 4.62. The summed E-state index contributed by atoms with van der Waals surface area (Å²) >= 11 is 0. The van der Waals surface area contributed by atoms with E-state index >= 15 is 0 Å². The molecular formula is C19H34O. The molecule has 2 aliphatic rings. The van der Waals surface area contributed by atoms with Gasteiger partial charge in [0.2, 0.25) is 0 Å². The standard InChI is InChI=1S/C19H34O/c1-3-5-7-12-17-15-16-11-9-10-13-18(16)19(20-17)14-8-6-4-2/h11,17-19H,3-10,12-15H2,1-2H3/t17-,18-,19+/m1/s1. The summed E-state index contributed by atoms with van der Waals surface area (Å²) in [5.41, 5.74) is 1.76. The van der Waals surface area contributed by atoms with Gasteiger partial charge in [-0.05, 0) is 38.5 Å². The topological polar surface area (TPSA) is 9.23 Å². The van der Waals surface area contributed by atoms with Crippen molar-refractivity contribution in [2.45, 2.75) is 103 Å². The molecule has 2 rings (SSSR count). The maximum Gasteiger partial charge on any atom is 0.0644 e. The molecule has 0 radical (unpaired) electrons. The molecule has 0 bridgehead atoms. The van der Waals surface area contributed by atoms with Gasteiger partial charge in [0.25, 0.3) is 0 Å². The lowest BCUT2D eigenvalue weighted by molar-refractivity contribution is -0.0714. The first kappa shape index (κ1) is 16.1. The van der Waals surface area contributed by atoms with Crippen LogP contribution in [0.4, 0.5) is 0 Å². The van der Waals surface area contributed by atoms with Crippen molar-refractivity contribution in [3.8, 4) is 0 Å². The molecule has 3 atom stereocenters. The average molecular weight is 278 g/mol. The second-order valence-electron chi connectivity index (χ2n) is 6.81. The molecule has 0 unspecified atom stereocenters. The first-order valence-corrected chi connectivity index (χ1v) is 9.19. The van der Waals surface area contributed by atoms with E-state index < -0.39 is 0 Å². The third-order valence-electron chi connectivity index (χ3n) is 5.10. The fourth-order valence-corrected chi connectivity index (χ4v) is 3.93. The van der Waals surface area contributed by atoms with E-state index in [0.717, 1.165) is 5.92 Å². The van der Waals surface area contributed by atoms with Crippen molar-refractivity contribution in [1.82, 2.24) is 0 Å². The number of unbranched alkanes of at least 4 members (excludes halogenated alkanes) is 4. The second-order valence-corrected chi connectivity index (χ2v) is 6.81. The Balaban J connectivity index is 1.89. The number of allylic oxidation sites excluding steroid dienone is 1. The highest BCUT2D eigenvalue weighted by atomic mass is 16.5. The summed E-state index contributed by atoms with van der Waals surface area (Å²) < 4.78 is 6.51. The van der Waals surface area contributed by atoms with Crippen LogP contribution in [0, 0.1) is 5.92 Å². The van der Waals surface area contributed by atoms with Crippen LogP contribution >= 0.6 is 0 Å². The Morgan fingerprint density at radius 3 is 2.55 bits per heavy atom. The highest BCUT2D eigenvalue weighted by Crippen LogP contribution is 2.40. The highest BCUT2D eigenvalue weighted by molar-refractivity contribution is 5.15. The largest absolute Gasteiger partial charge is 0.374 e. The highest BCUT2D eigenvalue weighted by Gasteiger charge is 2.34. The van der Waals surface area contributed by atoms with E-state index in [2.05, 4.69) is 19.9 Å². The van der Waals surface area contributed by atoms with E-state index in [1.165, 1.54) is 77.0 Å². The van der Waals surface area contributed by atoms with E-state index in [4.69, 9.17) is 4.74 Å². The molecule has 1 heterocycles. The molecule has 1 aliphatic heterocycles. The monoisotopic (exact) mass is 278 g/mol. The van der Waals surface area contributed by atoms with E-state index in [-0.39, 0.29) is 0 Å². The van der Waals surface area contributed by atoms with Crippen LogP contribution in [0.2, 0.25) is 0 Å². The SMILES string of the molecule is CCCCC[C@@H]1CC2=CCCC[C@H]2[C@H](CCCCC)O1. The van der Waals surface area contributed by atoms with E-state index in [1.807, 2.05) is 0 Å². The predicted molar refractivity (Wildman–Crippen MR) is 87.0 cm³/mol. The molecule has 1 aliphatic carbocycles. The predicted octanol–water partition coefficient (Wildman–Crippen LogP) is 6.03. The average Bonchev–Trinajstić information content (AvgIpc) is 2.48. The first-order valence-electron chi connectivity index (χ1n) is 9.19. The van der Waals surface area contributed by atoms with Crippen LogP contribution in [0.5, 0.6) is 0 Å². The minimum atomic E-state index is 0.522. The van der Waals surface area contributed by atoms with Gasteiger partial charge in [-0.1, -0.05) is 64.0 Å². The van der Waals surface area contributed by atoms with Crippen molar-refractivity contribution in [1.29, 1.82) is 0 Å². The summed E-state index contributed by atoms with van der Waals surface area (Å²) in [6.07, 6.45) is 19.6. The summed E-state index contributed by atoms with van der Waals surface area (Å²) in [5.74, 6) is 0.767. The molecule has 1 fully saturated rings. The fraction of sp³-hybridized carbons (Fsp3) is 0.895. The lowest BCUT2D eigenvalue weighted by Crippen LogP contribution is -2.38. The van der Waals surface area contributed by atoms with Crippen LogP contribution in [-0.4, -0.2) is 12.2 Å². The normalized spacial score (nSPS) is 29.9. The number of hydrogen-bond donors (Lipinski definition) is 0. The Morgan fingerprint density at radius 2 is 1.80 bits per heavy atom. The molecule has 0 spiro atoms. The van der Waals surface area contributed by atoms with Gasteiger partial charge in [0, 0.05) is 5.92 Å². The molecule has 0 aromatic carbocycles. The van der Waals surface area contributed by atoms with Crippen molar-refractivity contribution < 1.29 is 4.74 Å². The van der Waals surface area contributed by atoms with Crippen LogP contribution in [0.25, 0.3) is 0 Å². The molecule has 0 saturated carbocycles. The van der Waals surface area contributed by atoms with Gasteiger partial charge in [-0.25, -0.2) is 0 Å². The van der Waals surface area contributed by atoms with Gasteiger partial charge in [0.15, 0.2) is 0 Å². The third-order valence-corrected chi connectivity index (χ3v) is 5.10. The van der Waals surface area contributed by atoms with E-state index in [1.54, 1.807) is 5.57 Å². The molecule has 116 valence electrons. The van der Waals surface area contributed by atoms with Gasteiger partial charge in [0.1, 0.15) is 0 Å². The summed E-state index contributed by atoms with van der Waals surface area (Å²) in [6, 6.07) is 0. The quantitative estimate of drug-likeness (QED) is 0.389. The fourth-order valence-electron chi connectivity index (χ4n) is 3.93. The number of fused-ring (bicyclic) bond motifs is 1. The molecule has 1 heteroatoms. The van der Waals surface area contributed by atoms with Crippen molar-refractivity contribution in [3.05, 3.63) is 11.6 Å². The summed E-state index contributed by atoms with van der Waals surface area (Å²) in [6.45, 7) is 4.58. The first-order chi connectivity index (χ1) is 9.85. The number of rotatable bonds is 8. The van der Waals surface area contributed by atoms with Crippen LogP contribution < -0.4 is 0 Å². The van der Waals surface area contributed by atoms with Gasteiger partial charge in [-0.2, -0.15) is 0 Å². The van der Waals surface area contributed by atoms with Crippen molar-refractivity contribution >= 4 is 0 Å². The molecule has 0 aromatic rings. The molecule has 1 saturated heterocycles. The van der Waals surface area contributed by atoms with Gasteiger partial charge < -0.3 is 4.74 Å². The maximum atomic E-state index is 6.51. The maximum absolute atomic E-state index is 6.51. The minimum Gasteiger partial charge on any atom is -0.374 e. The van der Waals surface area contributed by atoms with Gasteiger partial charge in [-0.15, -0.1) is 0 Å². The Morgan fingerprint density at radius 1 is 1.05 bits per heavy atom.